The molecule has 1 aliphatic heterocycles. The average Bonchev–Trinajstić information content (AvgIpc) is 2.01. The number of amides is 1. The molecular weight excluding hydrogens is 174 g/mol. The van der Waals surface area contributed by atoms with Crippen LogP contribution in [0.3, 0.4) is 0 Å². The van der Waals surface area contributed by atoms with Crippen LogP contribution in [0.1, 0.15) is 47.0 Å². The van der Waals surface area contributed by atoms with E-state index in [1.165, 1.54) is 6.42 Å². The highest BCUT2D eigenvalue weighted by Crippen LogP contribution is 2.22. The van der Waals surface area contributed by atoms with Gasteiger partial charge in [-0.25, -0.2) is 0 Å². The second kappa shape index (κ2) is 4.63. The van der Waals surface area contributed by atoms with Crippen molar-refractivity contribution in [2.24, 2.45) is 0 Å². The third-order valence-electron chi connectivity index (χ3n) is 2.86. The maximum atomic E-state index is 11.9. The second-order valence-electron chi connectivity index (χ2n) is 4.60. The maximum Gasteiger partial charge on any atom is 0.246 e. The maximum absolute atomic E-state index is 11.9. The molecule has 0 spiro atoms. The fraction of sp³-hybridized carbons (Fsp3) is 0.750. The van der Waals surface area contributed by atoms with Crippen LogP contribution >= 0.6 is 0 Å². The number of hydrogen-bond donors (Lipinski definition) is 0. The molecule has 2 heteroatoms. The van der Waals surface area contributed by atoms with Gasteiger partial charge in [-0.2, -0.15) is 0 Å². The van der Waals surface area contributed by atoms with Gasteiger partial charge in [-0.3, -0.25) is 4.79 Å². The number of piperidine rings is 1. The monoisotopic (exact) mass is 195 g/mol. The molecule has 1 rings (SSSR count). The molecule has 1 fully saturated rings. The molecule has 0 aromatic carbocycles. The van der Waals surface area contributed by atoms with Crippen molar-refractivity contribution in [2.75, 3.05) is 0 Å². The molecule has 80 valence electrons. The zero-order valence-electron chi connectivity index (χ0n) is 9.71. The average molecular weight is 195 g/mol. The Morgan fingerprint density at radius 3 is 2.14 bits per heavy atom. The Bertz CT molecular complexity index is 231. The standard InChI is InChI=1S/C12H21NO/c1-9(2)8-12(14)13-10(3)6-5-7-11(13)4/h8,10-11H,5-7H2,1-4H3. The molecule has 14 heavy (non-hydrogen) atoms. The third-order valence-corrected chi connectivity index (χ3v) is 2.86. The van der Waals surface area contributed by atoms with E-state index in [0.717, 1.165) is 18.4 Å². The Hall–Kier alpha value is -0.790. The van der Waals surface area contributed by atoms with E-state index in [1.54, 1.807) is 6.08 Å². The lowest BCUT2D eigenvalue weighted by atomic mass is 9.97. The molecule has 0 aromatic heterocycles. The summed E-state index contributed by atoms with van der Waals surface area (Å²) in [6, 6.07) is 0.809. The number of likely N-dealkylation sites (tertiary alicyclic amines) is 1. The normalized spacial score (nSPS) is 27.3. The highest BCUT2D eigenvalue weighted by Gasteiger charge is 2.27. The van der Waals surface area contributed by atoms with Gasteiger partial charge in [0.1, 0.15) is 0 Å². The third kappa shape index (κ3) is 2.60. The second-order valence-corrected chi connectivity index (χ2v) is 4.60. The number of allylic oxidation sites excluding steroid dienone is 1. The van der Waals surface area contributed by atoms with E-state index in [2.05, 4.69) is 13.8 Å². The van der Waals surface area contributed by atoms with E-state index in [1.807, 2.05) is 18.7 Å². The van der Waals surface area contributed by atoms with Crippen LogP contribution in [0.2, 0.25) is 0 Å². The molecular formula is C12H21NO. The number of rotatable bonds is 1. The number of nitrogens with zero attached hydrogens (tertiary/aromatic N) is 1. The molecule has 2 nitrogen and oxygen atoms in total. The summed E-state index contributed by atoms with van der Waals surface area (Å²) in [6.07, 6.45) is 5.29. The van der Waals surface area contributed by atoms with Gasteiger partial charge in [-0.1, -0.05) is 5.57 Å². The van der Waals surface area contributed by atoms with Crippen LogP contribution in [0.15, 0.2) is 11.6 Å². The van der Waals surface area contributed by atoms with Gasteiger partial charge >= 0.3 is 0 Å². The van der Waals surface area contributed by atoms with Gasteiger partial charge in [0.2, 0.25) is 5.91 Å². The molecule has 2 atom stereocenters. The fourth-order valence-corrected chi connectivity index (χ4v) is 2.18. The predicted octanol–water partition coefficient (Wildman–Crippen LogP) is 2.74. The van der Waals surface area contributed by atoms with Crippen molar-refractivity contribution in [2.45, 2.75) is 59.0 Å². The molecule has 0 bridgehead atoms. The molecule has 2 unspecified atom stereocenters. The Morgan fingerprint density at radius 1 is 1.21 bits per heavy atom. The first-order chi connectivity index (χ1) is 6.52. The number of carbonyl (C=O) groups excluding carboxylic acids is 1. The van der Waals surface area contributed by atoms with E-state index in [0.29, 0.717) is 12.1 Å². The largest absolute Gasteiger partial charge is 0.334 e. The van der Waals surface area contributed by atoms with Crippen molar-refractivity contribution >= 4 is 5.91 Å². The highest BCUT2D eigenvalue weighted by molar-refractivity contribution is 5.88. The molecule has 0 aromatic rings. The van der Waals surface area contributed by atoms with Gasteiger partial charge in [0, 0.05) is 18.2 Å². The minimum Gasteiger partial charge on any atom is -0.334 e. The molecule has 0 saturated carbocycles. The predicted molar refractivity (Wildman–Crippen MR) is 59.1 cm³/mol. The fourth-order valence-electron chi connectivity index (χ4n) is 2.18. The molecule has 1 aliphatic rings. The minimum absolute atomic E-state index is 0.185. The number of hydrogen-bond acceptors (Lipinski definition) is 1. The Kier molecular flexibility index (Phi) is 3.73. The SMILES string of the molecule is CC(C)=CC(=O)N1C(C)CCCC1C. The van der Waals surface area contributed by atoms with Gasteiger partial charge in [0.05, 0.1) is 0 Å². The smallest absolute Gasteiger partial charge is 0.246 e. The van der Waals surface area contributed by atoms with Gasteiger partial charge in [-0.15, -0.1) is 0 Å². The molecule has 0 aliphatic carbocycles. The molecule has 1 heterocycles. The number of carbonyl (C=O) groups is 1. The van der Waals surface area contributed by atoms with Crippen LogP contribution in [0, 0.1) is 0 Å². The topological polar surface area (TPSA) is 20.3 Å². The van der Waals surface area contributed by atoms with E-state index in [-0.39, 0.29) is 5.91 Å². The van der Waals surface area contributed by atoms with Crippen LogP contribution in [-0.4, -0.2) is 22.9 Å². The lowest BCUT2D eigenvalue weighted by Crippen LogP contribution is -2.46. The van der Waals surface area contributed by atoms with Crippen LogP contribution < -0.4 is 0 Å². The van der Waals surface area contributed by atoms with E-state index >= 15 is 0 Å². The van der Waals surface area contributed by atoms with Crippen LogP contribution in [0.5, 0.6) is 0 Å². The zero-order valence-corrected chi connectivity index (χ0v) is 9.71. The molecule has 0 radical (unpaired) electrons. The summed E-state index contributed by atoms with van der Waals surface area (Å²) in [5, 5.41) is 0. The van der Waals surface area contributed by atoms with Crippen molar-refractivity contribution in [1.82, 2.24) is 4.90 Å². The van der Waals surface area contributed by atoms with Crippen LogP contribution in [0.4, 0.5) is 0 Å². The lowest BCUT2D eigenvalue weighted by Gasteiger charge is -2.38. The van der Waals surface area contributed by atoms with Crippen molar-refractivity contribution in [1.29, 1.82) is 0 Å². The summed E-state index contributed by atoms with van der Waals surface area (Å²) < 4.78 is 0. The molecule has 1 saturated heterocycles. The lowest BCUT2D eigenvalue weighted by molar-refractivity contribution is -0.131. The zero-order chi connectivity index (χ0) is 10.7. The van der Waals surface area contributed by atoms with Crippen LogP contribution in [0.25, 0.3) is 0 Å². The van der Waals surface area contributed by atoms with Gasteiger partial charge in [0.15, 0.2) is 0 Å². The minimum atomic E-state index is 0.185. The Balaban J connectivity index is 2.72. The van der Waals surface area contributed by atoms with E-state index in [9.17, 15) is 4.79 Å². The van der Waals surface area contributed by atoms with Crippen molar-refractivity contribution < 1.29 is 4.79 Å². The van der Waals surface area contributed by atoms with E-state index in [4.69, 9.17) is 0 Å². The van der Waals surface area contributed by atoms with Crippen molar-refractivity contribution in [3.05, 3.63) is 11.6 Å². The highest BCUT2D eigenvalue weighted by atomic mass is 16.2. The molecule has 0 N–H and O–H groups in total. The van der Waals surface area contributed by atoms with Gasteiger partial charge < -0.3 is 4.90 Å². The van der Waals surface area contributed by atoms with Gasteiger partial charge in [0.25, 0.3) is 0 Å². The first kappa shape index (κ1) is 11.3. The molecule has 1 amide bonds. The van der Waals surface area contributed by atoms with Crippen LogP contribution in [-0.2, 0) is 4.79 Å². The Labute approximate surface area is 87.0 Å². The first-order valence-corrected chi connectivity index (χ1v) is 5.49. The van der Waals surface area contributed by atoms with Crippen molar-refractivity contribution in [3.8, 4) is 0 Å². The summed E-state index contributed by atoms with van der Waals surface area (Å²) in [5.41, 5.74) is 1.08. The van der Waals surface area contributed by atoms with Gasteiger partial charge in [-0.05, 0) is 47.0 Å². The summed E-state index contributed by atoms with van der Waals surface area (Å²) in [7, 11) is 0. The summed E-state index contributed by atoms with van der Waals surface area (Å²) >= 11 is 0. The summed E-state index contributed by atoms with van der Waals surface area (Å²) in [4.78, 5) is 13.9. The first-order valence-electron chi connectivity index (χ1n) is 5.49. The van der Waals surface area contributed by atoms with Crippen molar-refractivity contribution in [3.63, 3.8) is 0 Å². The van der Waals surface area contributed by atoms with E-state index < -0.39 is 0 Å². The Morgan fingerprint density at radius 2 is 1.71 bits per heavy atom. The summed E-state index contributed by atoms with van der Waals surface area (Å²) in [6.45, 7) is 8.23. The quantitative estimate of drug-likeness (QED) is 0.589. The summed E-state index contributed by atoms with van der Waals surface area (Å²) in [5.74, 6) is 0.185.